The van der Waals surface area contributed by atoms with Crippen LogP contribution in [-0.2, 0) is 6.54 Å². The Bertz CT molecular complexity index is 978. The average Bonchev–Trinajstić information content (AvgIpc) is 3.10. The highest BCUT2D eigenvalue weighted by Crippen LogP contribution is 2.23. The van der Waals surface area contributed by atoms with Crippen molar-refractivity contribution in [1.82, 2.24) is 15.0 Å². The highest BCUT2D eigenvalue weighted by molar-refractivity contribution is 5.76. The molecule has 0 saturated carbocycles. The van der Waals surface area contributed by atoms with E-state index in [0.29, 0.717) is 11.5 Å². The fourth-order valence-corrected chi connectivity index (χ4v) is 2.67. The van der Waals surface area contributed by atoms with Crippen LogP contribution < -0.4 is 10.1 Å². The minimum atomic E-state index is 0.561. The van der Waals surface area contributed by atoms with Gasteiger partial charge in [0.1, 0.15) is 5.82 Å². The van der Waals surface area contributed by atoms with E-state index in [9.17, 15) is 0 Å². The molecule has 0 bridgehead atoms. The Morgan fingerprint density at radius 3 is 2.48 bits per heavy atom. The first-order chi connectivity index (χ1) is 12.3. The molecule has 0 aliphatic carbocycles. The molecular weight excluding hydrogens is 312 g/mol. The smallest absolute Gasteiger partial charge is 0.215 e. The van der Waals surface area contributed by atoms with E-state index in [2.05, 4.69) is 44.5 Å². The Balaban J connectivity index is 1.51. The first-order valence-electron chi connectivity index (χ1n) is 8.11. The van der Waals surface area contributed by atoms with E-state index in [-0.39, 0.29) is 0 Å². The summed E-state index contributed by atoms with van der Waals surface area (Å²) in [5.41, 5.74) is 4.89. The second-order valence-electron chi connectivity index (χ2n) is 5.73. The maximum atomic E-state index is 5.14. The first-order valence-corrected chi connectivity index (χ1v) is 8.11. The van der Waals surface area contributed by atoms with Gasteiger partial charge in [-0.25, -0.2) is 4.98 Å². The molecule has 0 aliphatic rings. The summed E-state index contributed by atoms with van der Waals surface area (Å²) < 4.78 is 5.14. The number of nitrogens with one attached hydrogen (secondary N) is 2. The fraction of sp³-hybridized carbons (Fsp3) is 0.100. The summed E-state index contributed by atoms with van der Waals surface area (Å²) in [5.74, 6) is 1.36. The monoisotopic (exact) mass is 330 g/mol. The van der Waals surface area contributed by atoms with Gasteiger partial charge in [0.05, 0.1) is 12.6 Å². The highest BCUT2D eigenvalue weighted by Gasteiger charge is 2.07. The lowest BCUT2D eigenvalue weighted by molar-refractivity contribution is 0.399. The third-order valence-corrected chi connectivity index (χ3v) is 4.03. The van der Waals surface area contributed by atoms with E-state index in [0.717, 1.165) is 29.1 Å². The molecule has 0 spiro atoms. The van der Waals surface area contributed by atoms with Gasteiger partial charge in [-0.2, -0.15) is 4.98 Å². The van der Waals surface area contributed by atoms with Gasteiger partial charge in [-0.05, 0) is 35.9 Å². The number of fused-ring (bicyclic) bond motifs is 1. The van der Waals surface area contributed by atoms with Crippen LogP contribution in [0.25, 0.3) is 22.6 Å². The first kappa shape index (κ1) is 15.2. The zero-order valence-electron chi connectivity index (χ0n) is 13.9. The minimum Gasteiger partial charge on any atom is -0.481 e. The second kappa shape index (κ2) is 6.65. The summed E-state index contributed by atoms with van der Waals surface area (Å²) in [6, 6.07) is 22.3. The molecule has 4 aromatic rings. The molecule has 25 heavy (non-hydrogen) atoms. The molecule has 4 rings (SSSR count). The lowest BCUT2D eigenvalue weighted by Gasteiger charge is -2.07. The molecule has 2 aromatic heterocycles. The van der Waals surface area contributed by atoms with Gasteiger partial charge in [0.15, 0.2) is 5.65 Å². The van der Waals surface area contributed by atoms with Gasteiger partial charge in [0.2, 0.25) is 5.88 Å². The molecule has 0 amide bonds. The molecule has 0 atom stereocenters. The summed E-state index contributed by atoms with van der Waals surface area (Å²) in [5, 5.41) is 3.42. The SMILES string of the molecule is COc1ccc2[nH]c(-c3ccc(NCc4ccccc4)cc3)nc2n1. The predicted molar refractivity (Wildman–Crippen MR) is 99.6 cm³/mol. The molecule has 124 valence electrons. The molecule has 2 heterocycles. The van der Waals surface area contributed by atoms with Gasteiger partial charge in [-0.1, -0.05) is 30.3 Å². The number of benzene rings is 2. The number of methoxy groups -OCH3 is 1. The molecule has 0 saturated heterocycles. The zero-order chi connectivity index (χ0) is 17.1. The molecule has 0 radical (unpaired) electrons. The average molecular weight is 330 g/mol. The molecule has 5 nitrogen and oxygen atoms in total. The van der Waals surface area contributed by atoms with Gasteiger partial charge >= 0.3 is 0 Å². The lowest BCUT2D eigenvalue weighted by Crippen LogP contribution is -1.98. The molecule has 0 unspecified atom stereocenters. The largest absolute Gasteiger partial charge is 0.481 e. The van der Waals surface area contributed by atoms with E-state index in [1.165, 1.54) is 5.56 Å². The number of pyridine rings is 1. The van der Waals surface area contributed by atoms with Gasteiger partial charge in [0.25, 0.3) is 0 Å². The number of hydrogen-bond acceptors (Lipinski definition) is 4. The van der Waals surface area contributed by atoms with Crippen molar-refractivity contribution < 1.29 is 4.74 Å². The number of anilines is 1. The number of rotatable bonds is 5. The van der Waals surface area contributed by atoms with Crippen LogP contribution in [0.2, 0.25) is 0 Å². The Morgan fingerprint density at radius 1 is 0.920 bits per heavy atom. The van der Waals surface area contributed by atoms with Crippen molar-refractivity contribution in [2.75, 3.05) is 12.4 Å². The van der Waals surface area contributed by atoms with E-state index in [4.69, 9.17) is 4.74 Å². The van der Waals surface area contributed by atoms with Crippen molar-refractivity contribution in [1.29, 1.82) is 0 Å². The van der Waals surface area contributed by atoms with Crippen molar-refractivity contribution in [2.45, 2.75) is 6.54 Å². The predicted octanol–water partition coefficient (Wildman–Crippen LogP) is 4.25. The van der Waals surface area contributed by atoms with Crippen LogP contribution in [0.1, 0.15) is 5.56 Å². The number of hydrogen-bond donors (Lipinski definition) is 2. The summed E-state index contributed by atoms with van der Waals surface area (Å²) >= 11 is 0. The number of H-pyrrole nitrogens is 1. The van der Waals surface area contributed by atoms with Gasteiger partial charge < -0.3 is 15.0 Å². The van der Waals surface area contributed by atoms with Crippen LogP contribution in [0, 0.1) is 0 Å². The van der Waals surface area contributed by atoms with Crippen LogP contribution in [0.5, 0.6) is 5.88 Å². The van der Waals surface area contributed by atoms with Crippen LogP contribution in [0.3, 0.4) is 0 Å². The maximum absolute atomic E-state index is 5.14. The molecule has 5 heteroatoms. The number of aromatic amines is 1. The summed E-state index contributed by atoms with van der Waals surface area (Å²) in [6.07, 6.45) is 0. The third-order valence-electron chi connectivity index (χ3n) is 4.03. The zero-order valence-corrected chi connectivity index (χ0v) is 13.9. The molecule has 0 aliphatic heterocycles. The van der Waals surface area contributed by atoms with E-state index < -0.39 is 0 Å². The van der Waals surface area contributed by atoms with Crippen molar-refractivity contribution in [3.8, 4) is 17.3 Å². The number of ether oxygens (including phenoxy) is 1. The van der Waals surface area contributed by atoms with E-state index in [1.807, 2.05) is 42.5 Å². The second-order valence-corrected chi connectivity index (χ2v) is 5.73. The van der Waals surface area contributed by atoms with Gasteiger partial charge in [0, 0.05) is 23.9 Å². The van der Waals surface area contributed by atoms with Gasteiger partial charge in [-0.15, -0.1) is 0 Å². The standard InChI is InChI=1S/C20H18N4O/c1-25-18-12-11-17-20(23-18)24-19(22-17)15-7-9-16(10-8-15)21-13-14-5-3-2-4-6-14/h2-12,21H,13H2,1H3,(H,22,23,24). The normalized spacial score (nSPS) is 10.8. The van der Waals surface area contributed by atoms with Crippen LogP contribution in [0.15, 0.2) is 66.7 Å². The Labute approximate surface area is 145 Å². The number of nitrogens with zero attached hydrogens (tertiary/aromatic N) is 2. The quantitative estimate of drug-likeness (QED) is 0.574. The molecule has 2 N–H and O–H groups in total. The minimum absolute atomic E-state index is 0.561. The lowest BCUT2D eigenvalue weighted by atomic mass is 10.2. The fourth-order valence-electron chi connectivity index (χ4n) is 2.67. The third kappa shape index (κ3) is 3.30. The van der Waals surface area contributed by atoms with E-state index in [1.54, 1.807) is 7.11 Å². The summed E-state index contributed by atoms with van der Waals surface area (Å²) in [7, 11) is 1.60. The van der Waals surface area contributed by atoms with Crippen LogP contribution >= 0.6 is 0 Å². The van der Waals surface area contributed by atoms with Crippen LogP contribution in [0.4, 0.5) is 5.69 Å². The maximum Gasteiger partial charge on any atom is 0.215 e. The summed E-state index contributed by atoms with van der Waals surface area (Å²) in [4.78, 5) is 12.2. The molecule has 0 fully saturated rings. The number of aromatic nitrogens is 3. The Kier molecular flexibility index (Phi) is 4.04. The Morgan fingerprint density at radius 2 is 1.72 bits per heavy atom. The molecular formula is C20H18N4O. The van der Waals surface area contributed by atoms with Crippen molar-refractivity contribution >= 4 is 16.9 Å². The number of imidazole rings is 1. The van der Waals surface area contributed by atoms with Crippen molar-refractivity contribution in [3.05, 3.63) is 72.3 Å². The topological polar surface area (TPSA) is 62.8 Å². The highest BCUT2D eigenvalue weighted by atomic mass is 16.5. The van der Waals surface area contributed by atoms with Crippen molar-refractivity contribution in [3.63, 3.8) is 0 Å². The van der Waals surface area contributed by atoms with Gasteiger partial charge in [-0.3, -0.25) is 0 Å². The summed E-state index contributed by atoms with van der Waals surface area (Å²) in [6.45, 7) is 0.800. The van der Waals surface area contributed by atoms with Crippen LogP contribution in [-0.4, -0.2) is 22.1 Å². The van der Waals surface area contributed by atoms with Crippen molar-refractivity contribution in [2.24, 2.45) is 0 Å². The van der Waals surface area contributed by atoms with E-state index >= 15 is 0 Å². The Hall–Kier alpha value is -3.34. The molecule has 2 aromatic carbocycles.